The van der Waals surface area contributed by atoms with E-state index in [9.17, 15) is 14.4 Å². The van der Waals surface area contributed by atoms with Crippen LogP contribution in [0.15, 0.2) is 54.6 Å². The first-order valence-corrected chi connectivity index (χ1v) is 11.0. The number of piperidine rings is 1. The molecule has 0 spiro atoms. The van der Waals surface area contributed by atoms with Gasteiger partial charge in [0.2, 0.25) is 5.91 Å². The summed E-state index contributed by atoms with van der Waals surface area (Å²) in [5.74, 6) is -0.132. The van der Waals surface area contributed by atoms with Gasteiger partial charge in [-0.2, -0.15) is 0 Å². The maximum atomic E-state index is 13.0. The third-order valence-electron chi connectivity index (χ3n) is 5.80. The minimum Gasteiger partial charge on any atom is -0.378 e. The van der Waals surface area contributed by atoms with Crippen molar-refractivity contribution in [1.29, 1.82) is 0 Å². The SMILES string of the molecule is O=C(Nc1ccccc1)Nc1ccc(C(=O)N2CCCC(C(=O)N3CCOCC3)C2)cc1. The summed E-state index contributed by atoms with van der Waals surface area (Å²) in [6.07, 6.45) is 1.62. The van der Waals surface area contributed by atoms with Crippen molar-refractivity contribution < 1.29 is 19.1 Å². The van der Waals surface area contributed by atoms with Gasteiger partial charge in [-0.25, -0.2) is 4.79 Å². The van der Waals surface area contributed by atoms with Gasteiger partial charge in [-0.1, -0.05) is 18.2 Å². The van der Waals surface area contributed by atoms with Crippen LogP contribution in [0.1, 0.15) is 23.2 Å². The molecule has 4 amide bonds. The van der Waals surface area contributed by atoms with E-state index in [1.807, 2.05) is 23.1 Å². The second-order valence-corrected chi connectivity index (χ2v) is 8.05. The van der Waals surface area contributed by atoms with Gasteiger partial charge in [0, 0.05) is 43.1 Å². The zero-order valence-electron chi connectivity index (χ0n) is 18.0. The summed E-state index contributed by atoms with van der Waals surface area (Å²) in [7, 11) is 0. The lowest BCUT2D eigenvalue weighted by Gasteiger charge is -2.36. The van der Waals surface area contributed by atoms with Crippen molar-refractivity contribution in [2.75, 3.05) is 50.0 Å². The Labute approximate surface area is 187 Å². The Balaban J connectivity index is 1.32. The minimum absolute atomic E-state index is 0.0928. The smallest absolute Gasteiger partial charge is 0.323 e. The largest absolute Gasteiger partial charge is 0.378 e. The molecule has 0 aliphatic carbocycles. The molecule has 2 aromatic carbocycles. The zero-order valence-corrected chi connectivity index (χ0v) is 18.0. The summed E-state index contributed by atoms with van der Waals surface area (Å²) >= 11 is 0. The van der Waals surface area contributed by atoms with Gasteiger partial charge >= 0.3 is 6.03 Å². The number of rotatable bonds is 4. The molecule has 168 valence electrons. The molecule has 8 heteroatoms. The van der Waals surface area contributed by atoms with Crippen LogP contribution < -0.4 is 10.6 Å². The number of hydrogen-bond donors (Lipinski definition) is 2. The normalized spacial score (nSPS) is 18.7. The van der Waals surface area contributed by atoms with E-state index in [0.717, 1.165) is 12.8 Å². The fourth-order valence-corrected chi connectivity index (χ4v) is 4.10. The molecule has 2 aromatic rings. The van der Waals surface area contributed by atoms with Crippen LogP contribution >= 0.6 is 0 Å². The van der Waals surface area contributed by atoms with E-state index in [2.05, 4.69) is 10.6 Å². The summed E-state index contributed by atoms with van der Waals surface area (Å²) in [6, 6.07) is 15.6. The highest BCUT2D eigenvalue weighted by atomic mass is 16.5. The van der Waals surface area contributed by atoms with Crippen molar-refractivity contribution in [2.45, 2.75) is 12.8 Å². The van der Waals surface area contributed by atoms with E-state index in [-0.39, 0.29) is 23.8 Å². The number of carbonyl (C=O) groups is 3. The average molecular weight is 437 g/mol. The van der Waals surface area contributed by atoms with Gasteiger partial charge in [0.1, 0.15) is 0 Å². The lowest BCUT2D eigenvalue weighted by Crippen LogP contribution is -2.49. The highest BCUT2D eigenvalue weighted by molar-refractivity contribution is 6.00. The molecule has 2 saturated heterocycles. The summed E-state index contributed by atoms with van der Waals surface area (Å²) in [5, 5.41) is 5.51. The van der Waals surface area contributed by atoms with Crippen molar-refractivity contribution >= 4 is 29.2 Å². The predicted octanol–water partition coefficient (Wildman–Crippen LogP) is 3.04. The van der Waals surface area contributed by atoms with Crippen LogP contribution in [-0.4, -0.2) is 67.0 Å². The van der Waals surface area contributed by atoms with Crippen LogP contribution in [-0.2, 0) is 9.53 Å². The Hall–Kier alpha value is -3.39. The summed E-state index contributed by atoms with van der Waals surface area (Å²) in [6.45, 7) is 3.47. The van der Waals surface area contributed by atoms with Gasteiger partial charge in [0.05, 0.1) is 19.1 Å². The maximum absolute atomic E-state index is 13.0. The van der Waals surface area contributed by atoms with E-state index in [4.69, 9.17) is 4.74 Å². The monoisotopic (exact) mass is 436 g/mol. The summed E-state index contributed by atoms with van der Waals surface area (Å²) < 4.78 is 5.33. The molecule has 2 aliphatic rings. The number of nitrogens with one attached hydrogen (secondary N) is 2. The number of morpholine rings is 1. The third kappa shape index (κ3) is 5.45. The molecular formula is C24H28N4O4. The van der Waals surface area contributed by atoms with Gasteiger partial charge in [-0.15, -0.1) is 0 Å². The van der Waals surface area contributed by atoms with Crippen molar-refractivity contribution in [3.8, 4) is 0 Å². The average Bonchev–Trinajstić information content (AvgIpc) is 2.85. The van der Waals surface area contributed by atoms with Crippen LogP contribution in [0.2, 0.25) is 0 Å². The molecule has 0 saturated carbocycles. The molecule has 0 radical (unpaired) electrons. The maximum Gasteiger partial charge on any atom is 0.323 e. The number of amides is 4. The quantitative estimate of drug-likeness (QED) is 0.771. The Bertz CT molecular complexity index is 942. The van der Waals surface area contributed by atoms with Crippen molar-refractivity contribution in [1.82, 2.24) is 9.80 Å². The van der Waals surface area contributed by atoms with Gasteiger partial charge in [0.25, 0.3) is 5.91 Å². The first kappa shape index (κ1) is 21.8. The Morgan fingerprint density at radius 1 is 0.812 bits per heavy atom. The summed E-state index contributed by atoms with van der Waals surface area (Å²) in [5.41, 5.74) is 1.83. The lowest BCUT2D eigenvalue weighted by molar-refractivity contribution is -0.141. The van der Waals surface area contributed by atoms with Crippen LogP contribution in [0, 0.1) is 5.92 Å². The van der Waals surface area contributed by atoms with Gasteiger partial charge in [0.15, 0.2) is 0 Å². The standard InChI is InChI=1S/C24H28N4O4/c29-22(28-12-4-5-19(17-28)23(30)27-13-15-32-16-14-27)18-8-10-21(11-9-18)26-24(31)25-20-6-2-1-3-7-20/h1-3,6-11,19H,4-5,12-17H2,(H2,25,26,31). The number of ether oxygens (including phenoxy) is 1. The van der Waals surface area contributed by atoms with Gasteiger partial charge < -0.3 is 25.2 Å². The molecular weight excluding hydrogens is 408 g/mol. The number of anilines is 2. The number of para-hydroxylation sites is 1. The molecule has 1 atom stereocenters. The van der Waals surface area contributed by atoms with Crippen LogP contribution in [0.3, 0.4) is 0 Å². The predicted molar refractivity (Wildman–Crippen MR) is 122 cm³/mol. The first-order chi connectivity index (χ1) is 15.6. The Morgan fingerprint density at radius 3 is 2.16 bits per heavy atom. The third-order valence-corrected chi connectivity index (χ3v) is 5.80. The second-order valence-electron chi connectivity index (χ2n) is 8.05. The van der Waals surface area contributed by atoms with E-state index in [1.54, 1.807) is 41.3 Å². The molecule has 0 bridgehead atoms. The lowest BCUT2D eigenvalue weighted by atomic mass is 9.95. The van der Waals surface area contributed by atoms with Gasteiger partial charge in [-0.05, 0) is 49.2 Å². The fraction of sp³-hybridized carbons (Fsp3) is 0.375. The van der Waals surface area contributed by atoms with E-state index in [1.165, 1.54) is 0 Å². The Kier molecular flexibility index (Phi) is 7.01. The van der Waals surface area contributed by atoms with Crippen LogP contribution in [0.4, 0.5) is 16.2 Å². The van der Waals surface area contributed by atoms with E-state index < -0.39 is 0 Å². The molecule has 8 nitrogen and oxygen atoms in total. The number of benzene rings is 2. The van der Waals surface area contributed by atoms with E-state index in [0.29, 0.717) is 56.3 Å². The van der Waals surface area contributed by atoms with Crippen LogP contribution in [0.5, 0.6) is 0 Å². The molecule has 2 N–H and O–H groups in total. The number of carbonyl (C=O) groups excluding carboxylic acids is 3. The zero-order chi connectivity index (χ0) is 22.3. The molecule has 2 aliphatic heterocycles. The number of likely N-dealkylation sites (tertiary alicyclic amines) is 1. The molecule has 2 fully saturated rings. The topological polar surface area (TPSA) is 91.0 Å². The van der Waals surface area contributed by atoms with Crippen LogP contribution in [0.25, 0.3) is 0 Å². The van der Waals surface area contributed by atoms with Crippen molar-refractivity contribution in [2.24, 2.45) is 5.92 Å². The van der Waals surface area contributed by atoms with Crippen molar-refractivity contribution in [3.05, 3.63) is 60.2 Å². The highest BCUT2D eigenvalue weighted by Crippen LogP contribution is 2.22. The van der Waals surface area contributed by atoms with Crippen molar-refractivity contribution in [3.63, 3.8) is 0 Å². The Morgan fingerprint density at radius 2 is 1.47 bits per heavy atom. The summed E-state index contributed by atoms with van der Waals surface area (Å²) in [4.78, 5) is 41.6. The van der Waals surface area contributed by atoms with E-state index >= 15 is 0 Å². The molecule has 32 heavy (non-hydrogen) atoms. The molecule has 2 heterocycles. The first-order valence-electron chi connectivity index (χ1n) is 11.0. The number of hydrogen-bond acceptors (Lipinski definition) is 4. The minimum atomic E-state index is -0.351. The molecule has 0 aromatic heterocycles. The number of urea groups is 1. The fourth-order valence-electron chi connectivity index (χ4n) is 4.10. The molecule has 1 unspecified atom stereocenters. The number of nitrogens with zero attached hydrogens (tertiary/aromatic N) is 2. The highest BCUT2D eigenvalue weighted by Gasteiger charge is 2.32. The molecule has 4 rings (SSSR count). The van der Waals surface area contributed by atoms with Gasteiger partial charge in [-0.3, -0.25) is 9.59 Å². The second kappa shape index (κ2) is 10.3.